The van der Waals surface area contributed by atoms with Gasteiger partial charge in [0.15, 0.2) is 0 Å². The van der Waals surface area contributed by atoms with E-state index >= 15 is 0 Å². The Balaban J connectivity index is 2.10. The summed E-state index contributed by atoms with van der Waals surface area (Å²) in [5.41, 5.74) is 1.01. The third kappa shape index (κ3) is 2.78. The molecule has 0 aliphatic carbocycles. The lowest BCUT2D eigenvalue weighted by Gasteiger charge is -2.30. The number of fused-ring (bicyclic) bond motifs is 1. The molecule has 0 N–H and O–H groups in total. The molecule has 0 bridgehead atoms. The first-order valence-corrected chi connectivity index (χ1v) is 7.68. The highest BCUT2D eigenvalue weighted by Gasteiger charge is 2.18. The summed E-state index contributed by atoms with van der Waals surface area (Å²) in [5, 5.41) is 1.12. The first kappa shape index (κ1) is 14.1. The molecule has 1 saturated heterocycles. The van der Waals surface area contributed by atoms with Crippen molar-refractivity contribution in [3.8, 4) is 0 Å². The fourth-order valence-electron chi connectivity index (χ4n) is 2.71. The number of hydrogen-bond acceptors (Lipinski definition) is 5. The van der Waals surface area contributed by atoms with Gasteiger partial charge in [0.05, 0.1) is 18.7 Å². The lowest BCUT2D eigenvalue weighted by Crippen LogP contribution is -2.37. The Morgan fingerprint density at radius 2 is 1.81 bits per heavy atom. The molecule has 0 unspecified atom stereocenters. The third-order valence-corrected chi connectivity index (χ3v) is 3.93. The number of anilines is 2. The molecule has 3 rings (SSSR count). The van der Waals surface area contributed by atoms with E-state index in [0.29, 0.717) is 0 Å². The Bertz CT molecular complexity index is 606. The smallest absolute Gasteiger partial charge is 0.227 e. The molecule has 1 aliphatic rings. The van der Waals surface area contributed by atoms with E-state index in [1.807, 2.05) is 12.1 Å². The fraction of sp³-hybridized carbons (Fsp3) is 0.500. The number of benzene rings is 1. The minimum absolute atomic E-state index is 0.763. The van der Waals surface area contributed by atoms with Crippen molar-refractivity contribution in [2.75, 3.05) is 49.2 Å². The summed E-state index contributed by atoms with van der Waals surface area (Å²) in [6.45, 7) is 9.40. The lowest BCUT2D eigenvalue weighted by atomic mass is 10.2. The molecule has 0 radical (unpaired) electrons. The van der Waals surface area contributed by atoms with Gasteiger partial charge in [-0.2, -0.15) is 4.98 Å². The lowest BCUT2D eigenvalue weighted by molar-refractivity contribution is 0.122. The zero-order chi connectivity index (χ0) is 14.7. The second-order valence-corrected chi connectivity index (χ2v) is 5.14. The van der Waals surface area contributed by atoms with E-state index in [9.17, 15) is 0 Å². The van der Waals surface area contributed by atoms with Crippen LogP contribution in [0.4, 0.5) is 11.8 Å². The Kier molecular flexibility index (Phi) is 4.20. The topological polar surface area (TPSA) is 41.5 Å². The number of ether oxygens (including phenoxy) is 1. The second-order valence-electron chi connectivity index (χ2n) is 5.14. The predicted octanol–water partition coefficient (Wildman–Crippen LogP) is 2.31. The van der Waals surface area contributed by atoms with Crippen molar-refractivity contribution in [2.24, 2.45) is 0 Å². The molecule has 2 heterocycles. The Morgan fingerprint density at radius 3 is 2.52 bits per heavy atom. The maximum Gasteiger partial charge on any atom is 0.227 e. The van der Waals surface area contributed by atoms with Gasteiger partial charge >= 0.3 is 0 Å². The summed E-state index contributed by atoms with van der Waals surface area (Å²) >= 11 is 0. The van der Waals surface area contributed by atoms with Crippen LogP contribution in [0.25, 0.3) is 10.9 Å². The number of morpholine rings is 1. The van der Waals surface area contributed by atoms with Crippen LogP contribution < -0.4 is 9.80 Å². The van der Waals surface area contributed by atoms with Crippen LogP contribution in [-0.4, -0.2) is 49.4 Å². The highest BCUT2D eigenvalue weighted by atomic mass is 16.5. The van der Waals surface area contributed by atoms with E-state index in [2.05, 4.69) is 35.8 Å². The van der Waals surface area contributed by atoms with Crippen LogP contribution in [0.2, 0.25) is 0 Å². The van der Waals surface area contributed by atoms with E-state index in [-0.39, 0.29) is 0 Å². The van der Waals surface area contributed by atoms with Crippen molar-refractivity contribution in [1.82, 2.24) is 9.97 Å². The van der Waals surface area contributed by atoms with Gasteiger partial charge < -0.3 is 14.5 Å². The molecule has 112 valence electrons. The molecule has 0 amide bonds. The Hall–Kier alpha value is -1.88. The van der Waals surface area contributed by atoms with E-state index in [4.69, 9.17) is 14.7 Å². The number of para-hydroxylation sites is 1. The highest BCUT2D eigenvalue weighted by molar-refractivity contribution is 5.90. The first-order valence-electron chi connectivity index (χ1n) is 7.68. The molecule has 1 fully saturated rings. The maximum absolute atomic E-state index is 5.46. The SMILES string of the molecule is CCN(CC)c1nc(N2CCOCC2)c2ccccc2n1. The standard InChI is InChI=1S/C16H22N4O/c1-3-19(4-2)16-17-14-8-6-5-7-13(14)15(18-16)20-9-11-21-12-10-20/h5-8H,3-4,9-12H2,1-2H3. The van der Waals surface area contributed by atoms with Gasteiger partial charge in [-0.1, -0.05) is 12.1 Å². The summed E-state index contributed by atoms with van der Waals surface area (Å²) in [6, 6.07) is 8.25. The monoisotopic (exact) mass is 286 g/mol. The normalized spacial score (nSPS) is 15.4. The largest absolute Gasteiger partial charge is 0.378 e. The van der Waals surface area contributed by atoms with E-state index in [1.165, 1.54) is 0 Å². The minimum atomic E-state index is 0.763. The van der Waals surface area contributed by atoms with Crippen molar-refractivity contribution < 1.29 is 4.74 Å². The zero-order valence-corrected chi connectivity index (χ0v) is 12.7. The van der Waals surface area contributed by atoms with Gasteiger partial charge in [0.25, 0.3) is 0 Å². The molecule has 21 heavy (non-hydrogen) atoms. The van der Waals surface area contributed by atoms with E-state index in [1.54, 1.807) is 0 Å². The Morgan fingerprint density at radius 1 is 1.10 bits per heavy atom. The molecule has 1 aliphatic heterocycles. The van der Waals surface area contributed by atoms with Crippen LogP contribution in [0, 0.1) is 0 Å². The van der Waals surface area contributed by atoms with Gasteiger partial charge in [0, 0.05) is 31.6 Å². The number of aromatic nitrogens is 2. The van der Waals surface area contributed by atoms with Crippen LogP contribution in [0.15, 0.2) is 24.3 Å². The molecule has 5 nitrogen and oxygen atoms in total. The van der Waals surface area contributed by atoms with E-state index < -0.39 is 0 Å². The molecule has 1 aromatic heterocycles. The zero-order valence-electron chi connectivity index (χ0n) is 12.7. The van der Waals surface area contributed by atoms with Gasteiger partial charge in [0.1, 0.15) is 5.82 Å². The average Bonchev–Trinajstić information content (AvgIpc) is 2.56. The van der Waals surface area contributed by atoms with Crippen LogP contribution in [0.1, 0.15) is 13.8 Å². The molecular formula is C16H22N4O. The third-order valence-electron chi connectivity index (χ3n) is 3.93. The van der Waals surface area contributed by atoms with Crippen LogP contribution in [0.3, 0.4) is 0 Å². The van der Waals surface area contributed by atoms with Crippen molar-refractivity contribution in [3.63, 3.8) is 0 Å². The summed E-state index contributed by atoms with van der Waals surface area (Å²) in [5.74, 6) is 1.85. The van der Waals surface area contributed by atoms with Crippen LogP contribution in [-0.2, 0) is 4.74 Å². The fourth-order valence-corrected chi connectivity index (χ4v) is 2.71. The molecule has 1 aromatic carbocycles. The molecule has 2 aromatic rings. The first-order chi connectivity index (χ1) is 10.3. The quantitative estimate of drug-likeness (QED) is 0.862. The minimum Gasteiger partial charge on any atom is -0.378 e. The molecule has 0 spiro atoms. The van der Waals surface area contributed by atoms with Crippen molar-refractivity contribution in [3.05, 3.63) is 24.3 Å². The summed E-state index contributed by atoms with van der Waals surface area (Å²) < 4.78 is 5.46. The highest BCUT2D eigenvalue weighted by Crippen LogP contribution is 2.27. The number of hydrogen-bond donors (Lipinski definition) is 0. The summed E-state index contributed by atoms with van der Waals surface area (Å²) in [4.78, 5) is 14.1. The molecular weight excluding hydrogens is 264 g/mol. The Labute approximate surface area is 125 Å². The summed E-state index contributed by atoms with van der Waals surface area (Å²) in [7, 11) is 0. The molecule has 5 heteroatoms. The van der Waals surface area contributed by atoms with Crippen molar-refractivity contribution in [2.45, 2.75) is 13.8 Å². The van der Waals surface area contributed by atoms with Gasteiger partial charge in [0.2, 0.25) is 5.95 Å². The van der Waals surface area contributed by atoms with Crippen LogP contribution >= 0.6 is 0 Å². The van der Waals surface area contributed by atoms with Crippen molar-refractivity contribution in [1.29, 1.82) is 0 Å². The predicted molar refractivity (Wildman–Crippen MR) is 86.1 cm³/mol. The van der Waals surface area contributed by atoms with E-state index in [0.717, 1.165) is 62.1 Å². The second kappa shape index (κ2) is 6.26. The summed E-state index contributed by atoms with van der Waals surface area (Å²) in [6.07, 6.45) is 0. The number of nitrogens with zero attached hydrogens (tertiary/aromatic N) is 4. The van der Waals surface area contributed by atoms with Gasteiger partial charge in [-0.15, -0.1) is 0 Å². The van der Waals surface area contributed by atoms with Gasteiger partial charge in [-0.3, -0.25) is 0 Å². The number of rotatable bonds is 4. The maximum atomic E-state index is 5.46. The molecule has 0 atom stereocenters. The van der Waals surface area contributed by atoms with Crippen molar-refractivity contribution >= 4 is 22.7 Å². The molecule has 0 saturated carbocycles. The van der Waals surface area contributed by atoms with Gasteiger partial charge in [-0.05, 0) is 26.0 Å². The average molecular weight is 286 g/mol. The van der Waals surface area contributed by atoms with Crippen LogP contribution in [0.5, 0.6) is 0 Å². The van der Waals surface area contributed by atoms with Gasteiger partial charge in [-0.25, -0.2) is 4.98 Å².